The number of aliphatic carboxylic acids is 1. The van der Waals surface area contributed by atoms with E-state index in [9.17, 15) is 4.79 Å². The average molecular weight is 190 g/mol. The highest BCUT2D eigenvalue weighted by Gasteiger charge is 2.39. The number of benzene rings is 1. The first-order valence-electron chi connectivity index (χ1n) is 4.95. The van der Waals surface area contributed by atoms with Crippen molar-refractivity contribution in [2.75, 3.05) is 0 Å². The van der Waals surface area contributed by atoms with Crippen LogP contribution in [0.1, 0.15) is 29.9 Å². The van der Waals surface area contributed by atoms with E-state index in [0.717, 1.165) is 6.42 Å². The summed E-state index contributed by atoms with van der Waals surface area (Å²) in [5, 5.41) is 8.63. The minimum atomic E-state index is -0.676. The van der Waals surface area contributed by atoms with E-state index in [1.165, 1.54) is 11.1 Å². The molecule has 14 heavy (non-hydrogen) atoms. The normalized spacial score (nSPS) is 24.6. The lowest BCUT2D eigenvalue weighted by molar-refractivity contribution is -0.137. The van der Waals surface area contributed by atoms with Gasteiger partial charge in [0.25, 0.3) is 0 Å². The molecule has 2 heteroatoms. The second-order valence-corrected chi connectivity index (χ2v) is 4.11. The van der Waals surface area contributed by atoms with Gasteiger partial charge in [-0.15, -0.1) is 0 Å². The van der Waals surface area contributed by atoms with E-state index >= 15 is 0 Å². The van der Waals surface area contributed by atoms with Gasteiger partial charge in [-0.05, 0) is 30.7 Å². The number of aryl methyl sites for hydroxylation is 1. The molecule has 1 aliphatic carbocycles. The van der Waals surface area contributed by atoms with Gasteiger partial charge in [-0.3, -0.25) is 4.79 Å². The van der Waals surface area contributed by atoms with E-state index in [4.69, 9.17) is 5.11 Å². The Morgan fingerprint density at radius 2 is 2.07 bits per heavy atom. The van der Waals surface area contributed by atoms with E-state index < -0.39 is 5.97 Å². The fourth-order valence-corrected chi connectivity index (χ4v) is 1.92. The first kappa shape index (κ1) is 9.25. The van der Waals surface area contributed by atoms with Crippen molar-refractivity contribution in [1.29, 1.82) is 0 Å². The molecule has 1 aliphatic rings. The molecule has 0 radical (unpaired) electrons. The maximum Gasteiger partial charge on any atom is 0.303 e. The average Bonchev–Trinajstić information content (AvgIpc) is 2.84. The van der Waals surface area contributed by atoms with Crippen LogP contribution in [0.3, 0.4) is 0 Å². The van der Waals surface area contributed by atoms with Gasteiger partial charge < -0.3 is 5.11 Å². The summed E-state index contributed by atoms with van der Waals surface area (Å²) < 4.78 is 0. The molecule has 0 bridgehead atoms. The van der Waals surface area contributed by atoms with Gasteiger partial charge >= 0.3 is 5.97 Å². The Hall–Kier alpha value is -1.31. The molecule has 0 unspecified atom stereocenters. The lowest BCUT2D eigenvalue weighted by atomic mass is 10.1. The van der Waals surface area contributed by atoms with Crippen LogP contribution in [0.15, 0.2) is 24.3 Å². The van der Waals surface area contributed by atoms with Crippen LogP contribution in [0.4, 0.5) is 0 Å². The molecule has 2 nitrogen and oxygen atoms in total. The smallest absolute Gasteiger partial charge is 0.303 e. The number of carboxylic acids is 1. The summed E-state index contributed by atoms with van der Waals surface area (Å²) in [7, 11) is 0. The summed E-state index contributed by atoms with van der Waals surface area (Å²) in [6.07, 6.45) is 1.36. The summed E-state index contributed by atoms with van der Waals surface area (Å²) in [5.41, 5.74) is 2.55. The number of hydrogen-bond donors (Lipinski definition) is 1. The van der Waals surface area contributed by atoms with Crippen molar-refractivity contribution in [3.05, 3.63) is 35.4 Å². The van der Waals surface area contributed by atoms with Crippen molar-refractivity contribution < 1.29 is 9.90 Å². The fourth-order valence-electron chi connectivity index (χ4n) is 1.92. The third-order valence-electron chi connectivity index (χ3n) is 2.86. The zero-order valence-electron chi connectivity index (χ0n) is 8.23. The van der Waals surface area contributed by atoms with Crippen LogP contribution in [0, 0.1) is 12.8 Å². The third kappa shape index (κ3) is 1.95. The molecule has 0 heterocycles. The van der Waals surface area contributed by atoms with Crippen molar-refractivity contribution in [1.82, 2.24) is 0 Å². The molecule has 0 saturated heterocycles. The van der Waals surface area contributed by atoms with Crippen LogP contribution < -0.4 is 0 Å². The highest BCUT2D eigenvalue weighted by molar-refractivity contribution is 5.67. The lowest BCUT2D eigenvalue weighted by Gasteiger charge is -1.99. The van der Waals surface area contributed by atoms with Crippen molar-refractivity contribution in [2.24, 2.45) is 5.92 Å². The summed E-state index contributed by atoms with van der Waals surface area (Å²) in [4.78, 5) is 10.5. The van der Waals surface area contributed by atoms with E-state index in [2.05, 4.69) is 31.2 Å². The second kappa shape index (κ2) is 3.45. The van der Waals surface area contributed by atoms with Crippen molar-refractivity contribution in [3.8, 4) is 0 Å². The highest BCUT2D eigenvalue weighted by atomic mass is 16.4. The topological polar surface area (TPSA) is 37.3 Å². The number of carbonyl (C=O) groups is 1. The Bertz CT molecular complexity index is 340. The number of carboxylic acid groups (broad SMARTS) is 1. The van der Waals surface area contributed by atoms with E-state index in [1.54, 1.807) is 0 Å². The predicted octanol–water partition coefficient (Wildman–Crippen LogP) is 2.57. The second-order valence-electron chi connectivity index (χ2n) is 4.11. The summed E-state index contributed by atoms with van der Waals surface area (Å²) in [6.45, 7) is 2.06. The zero-order valence-corrected chi connectivity index (χ0v) is 8.23. The van der Waals surface area contributed by atoms with Crippen molar-refractivity contribution in [3.63, 3.8) is 0 Å². The van der Waals surface area contributed by atoms with Gasteiger partial charge in [-0.1, -0.05) is 29.8 Å². The first-order valence-corrected chi connectivity index (χ1v) is 4.95. The molecule has 2 rings (SSSR count). The monoisotopic (exact) mass is 190 g/mol. The first-order chi connectivity index (χ1) is 6.66. The van der Waals surface area contributed by atoms with Gasteiger partial charge in [0.1, 0.15) is 0 Å². The Kier molecular flexibility index (Phi) is 2.28. The third-order valence-corrected chi connectivity index (χ3v) is 2.86. The molecule has 2 atom stereocenters. The summed E-state index contributed by atoms with van der Waals surface area (Å²) >= 11 is 0. The maximum atomic E-state index is 10.5. The van der Waals surface area contributed by atoms with E-state index in [0.29, 0.717) is 18.3 Å². The zero-order chi connectivity index (χ0) is 10.1. The minimum Gasteiger partial charge on any atom is -0.481 e. The molecule has 1 N–H and O–H groups in total. The Morgan fingerprint density at radius 3 is 2.64 bits per heavy atom. The quantitative estimate of drug-likeness (QED) is 0.795. The predicted molar refractivity (Wildman–Crippen MR) is 54.3 cm³/mol. The molecule has 0 spiro atoms. The van der Waals surface area contributed by atoms with Crippen LogP contribution in [0.2, 0.25) is 0 Å². The molecule has 0 aromatic heterocycles. The Balaban J connectivity index is 1.99. The number of rotatable bonds is 3. The Morgan fingerprint density at radius 1 is 1.43 bits per heavy atom. The van der Waals surface area contributed by atoms with Gasteiger partial charge in [0.05, 0.1) is 0 Å². The molecule has 0 amide bonds. The molecule has 0 aliphatic heterocycles. The van der Waals surface area contributed by atoms with Gasteiger partial charge in [0.2, 0.25) is 0 Å². The van der Waals surface area contributed by atoms with E-state index in [-0.39, 0.29) is 0 Å². The van der Waals surface area contributed by atoms with Crippen LogP contribution in [-0.2, 0) is 4.79 Å². The molecule has 1 saturated carbocycles. The van der Waals surface area contributed by atoms with Crippen molar-refractivity contribution >= 4 is 5.97 Å². The van der Waals surface area contributed by atoms with Crippen LogP contribution in [0.5, 0.6) is 0 Å². The van der Waals surface area contributed by atoms with Gasteiger partial charge in [0.15, 0.2) is 0 Å². The minimum absolute atomic E-state index is 0.318. The number of hydrogen-bond acceptors (Lipinski definition) is 1. The molecule has 1 aromatic carbocycles. The standard InChI is InChI=1S/C12H14O2/c1-8-2-4-9(5-3-8)11-6-10(11)7-12(13)14/h2-5,10-11H,6-7H2,1H3,(H,13,14)/t10-,11-/m1/s1. The van der Waals surface area contributed by atoms with Gasteiger partial charge in [0, 0.05) is 6.42 Å². The molecule has 74 valence electrons. The Labute approximate surface area is 83.6 Å². The van der Waals surface area contributed by atoms with E-state index in [1.807, 2.05) is 0 Å². The summed E-state index contributed by atoms with van der Waals surface area (Å²) in [5.74, 6) is 0.187. The maximum absolute atomic E-state index is 10.5. The summed E-state index contributed by atoms with van der Waals surface area (Å²) in [6, 6.07) is 8.40. The van der Waals surface area contributed by atoms with Gasteiger partial charge in [-0.25, -0.2) is 0 Å². The van der Waals surface area contributed by atoms with Crippen LogP contribution in [-0.4, -0.2) is 11.1 Å². The van der Waals surface area contributed by atoms with Crippen LogP contribution in [0.25, 0.3) is 0 Å². The van der Waals surface area contributed by atoms with Crippen LogP contribution >= 0.6 is 0 Å². The SMILES string of the molecule is Cc1ccc([C@H]2C[C@@H]2CC(=O)O)cc1. The fraction of sp³-hybridized carbons (Fsp3) is 0.417. The van der Waals surface area contributed by atoms with Gasteiger partial charge in [-0.2, -0.15) is 0 Å². The molecular formula is C12H14O2. The lowest BCUT2D eigenvalue weighted by Crippen LogP contribution is -1.96. The largest absolute Gasteiger partial charge is 0.481 e. The highest BCUT2D eigenvalue weighted by Crippen LogP contribution is 2.49. The molecule has 1 aromatic rings. The van der Waals surface area contributed by atoms with Crippen molar-refractivity contribution in [2.45, 2.75) is 25.7 Å². The molecular weight excluding hydrogens is 176 g/mol. The molecule has 1 fully saturated rings.